The summed E-state index contributed by atoms with van der Waals surface area (Å²) in [5.74, 6) is 0. The molecule has 0 aromatic heterocycles. The van der Waals surface area contributed by atoms with Gasteiger partial charge in [-0.3, -0.25) is 0 Å². The zero-order chi connectivity index (χ0) is 12.0. The van der Waals surface area contributed by atoms with Gasteiger partial charge in [-0.1, -0.05) is 13.3 Å². The average molecular weight is 223 g/mol. The zero-order valence-electron chi connectivity index (χ0n) is 10.9. The van der Waals surface area contributed by atoms with Gasteiger partial charge in [0.05, 0.1) is 6.07 Å². The van der Waals surface area contributed by atoms with Gasteiger partial charge in [-0.05, 0) is 46.2 Å². The molecule has 16 heavy (non-hydrogen) atoms. The first-order valence-corrected chi connectivity index (χ1v) is 6.49. The molecule has 0 aliphatic heterocycles. The largest absolute Gasteiger partial charge is 0.303 e. The van der Waals surface area contributed by atoms with Gasteiger partial charge in [0.15, 0.2) is 0 Å². The molecule has 1 aliphatic rings. The molecule has 0 heterocycles. The highest BCUT2D eigenvalue weighted by Gasteiger charge is 2.30. The van der Waals surface area contributed by atoms with E-state index in [1.807, 2.05) is 14.0 Å². The third-order valence-electron chi connectivity index (χ3n) is 3.56. The molecule has 0 saturated heterocycles. The quantitative estimate of drug-likeness (QED) is 0.685. The second kappa shape index (κ2) is 6.22. The summed E-state index contributed by atoms with van der Waals surface area (Å²) in [6, 6.07) is 3.17. The fourth-order valence-corrected chi connectivity index (χ4v) is 1.88. The van der Waals surface area contributed by atoms with Crippen molar-refractivity contribution in [3.8, 4) is 6.07 Å². The van der Waals surface area contributed by atoms with E-state index in [9.17, 15) is 0 Å². The van der Waals surface area contributed by atoms with E-state index in [0.29, 0.717) is 0 Å². The Hall–Kier alpha value is -0.590. The van der Waals surface area contributed by atoms with Crippen LogP contribution >= 0.6 is 0 Å². The van der Waals surface area contributed by atoms with Crippen LogP contribution < -0.4 is 5.32 Å². The first kappa shape index (κ1) is 13.5. The van der Waals surface area contributed by atoms with Crippen LogP contribution in [0.2, 0.25) is 0 Å². The van der Waals surface area contributed by atoms with E-state index in [-0.39, 0.29) is 5.54 Å². The molecule has 1 saturated carbocycles. The SMILES string of the molecule is CCCCN(CCC(C)(C#N)NC)C1CC1. The summed E-state index contributed by atoms with van der Waals surface area (Å²) >= 11 is 0. The Bertz CT molecular complexity index is 242. The summed E-state index contributed by atoms with van der Waals surface area (Å²) in [7, 11) is 1.87. The van der Waals surface area contributed by atoms with E-state index < -0.39 is 0 Å². The van der Waals surface area contributed by atoms with E-state index in [4.69, 9.17) is 5.26 Å². The number of hydrogen-bond donors (Lipinski definition) is 1. The Balaban J connectivity index is 2.34. The van der Waals surface area contributed by atoms with Crippen LogP contribution in [0.4, 0.5) is 0 Å². The molecular formula is C13H25N3. The third-order valence-corrected chi connectivity index (χ3v) is 3.56. The Labute approximate surface area is 99.8 Å². The highest BCUT2D eigenvalue weighted by atomic mass is 15.2. The topological polar surface area (TPSA) is 39.1 Å². The Morgan fingerprint density at radius 1 is 1.44 bits per heavy atom. The molecule has 3 nitrogen and oxygen atoms in total. The molecule has 0 amide bonds. The normalized spacial score (nSPS) is 19.4. The van der Waals surface area contributed by atoms with Gasteiger partial charge in [-0.25, -0.2) is 0 Å². The van der Waals surface area contributed by atoms with Crippen LogP contribution in [0, 0.1) is 11.3 Å². The van der Waals surface area contributed by atoms with Crippen molar-refractivity contribution in [1.82, 2.24) is 10.2 Å². The van der Waals surface area contributed by atoms with Crippen LogP contribution in [0.25, 0.3) is 0 Å². The molecule has 1 N–H and O–H groups in total. The van der Waals surface area contributed by atoms with Crippen LogP contribution in [0.1, 0.15) is 46.0 Å². The molecule has 0 aromatic carbocycles. The molecule has 0 aromatic rings. The average Bonchev–Trinajstić information content (AvgIpc) is 3.13. The predicted molar refractivity (Wildman–Crippen MR) is 67.2 cm³/mol. The van der Waals surface area contributed by atoms with Gasteiger partial charge in [0.25, 0.3) is 0 Å². The molecule has 92 valence electrons. The fourth-order valence-electron chi connectivity index (χ4n) is 1.88. The summed E-state index contributed by atoms with van der Waals surface area (Å²) in [6.07, 6.45) is 6.16. The van der Waals surface area contributed by atoms with Crippen molar-refractivity contribution >= 4 is 0 Å². The molecule has 1 unspecified atom stereocenters. The maximum absolute atomic E-state index is 9.10. The summed E-state index contributed by atoms with van der Waals surface area (Å²) in [5, 5.41) is 12.2. The van der Waals surface area contributed by atoms with Crippen molar-refractivity contribution in [3.63, 3.8) is 0 Å². The Morgan fingerprint density at radius 3 is 2.56 bits per heavy atom. The number of nitrogens with zero attached hydrogens (tertiary/aromatic N) is 2. The number of hydrogen-bond acceptors (Lipinski definition) is 3. The van der Waals surface area contributed by atoms with Gasteiger partial charge < -0.3 is 10.2 Å². The summed E-state index contributed by atoms with van der Waals surface area (Å²) in [6.45, 7) is 6.47. The van der Waals surface area contributed by atoms with Crippen molar-refractivity contribution < 1.29 is 0 Å². The molecule has 1 fully saturated rings. The van der Waals surface area contributed by atoms with Crippen LogP contribution in [0.3, 0.4) is 0 Å². The summed E-state index contributed by atoms with van der Waals surface area (Å²) in [4.78, 5) is 2.57. The highest BCUT2D eigenvalue weighted by Crippen LogP contribution is 2.27. The van der Waals surface area contributed by atoms with Crippen LogP contribution in [-0.2, 0) is 0 Å². The van der Waals surface area contributed by atoms with Crippen molar-refractivity contribution in [3.05, 3.63) is 0 Å². The van der Waals surface area contributed by atoms with Gasteiger partial charge in [0.2, 0.25) is 0 Å². The van der Waals surface area contributed by atoms with Gasteiger partial charge in [0, 0.05) is 12.6 Å². The zero-order valence-corrected chi connectivity index (χ0v) is 10.9. The molecule has 0 bridgehead atoms. The number of rotatable bonds is 8. The van der Waals surface area contributed by atoms with Gasteiger partial charge >= 0.3 is 0 Å². The number of nitrogens with one attached hydrogen (secondary N) is 1. The molecule has 1 rings (SSSR count). The summed E-state index contributed by atoms with van der Waals surface area (Å²) in [5.41, 5.74) is -0.362. The monoisotopic (exact) mass is 223 g/mol. The second-order valence-electron chi connectivity index (χ2n) is 5.06. The lowest BCUT2D eigenvalue weighted by atomic mass is 10.00. The van der Waals surface area contributed by atoms with Crippen molar-refractivity contribution in [2.75, 3.05) is 20.1 Å². The lowest BCUT2D eigenvalue weighted by molar-refractivity contribution is 0.235. The standard InChI is InChI=1S/C13H25N3/c1-4-5-9-16(12-6-7-12)10-8-13(2,11-14)15-3/h12,15H,4-10H2,1-3H3. The summed E-state index contributed by atoms with van der Waals surface area (Å²) < 4.78 is 0. The minimum absolute atomic E-state index is 0.362. The van der Waals surface area contributed by atoms with E-state index in [1.54, 1.807) is 0 Å². The molecule has 3 heteroatoms. The van der Waals surface area contributed by atoms with Gasteiger partial charge in [-0.2, -0.15) is 5.26 Å². The molecule has 0 spiro atoms. The van der Waals surface area contributed by atoms with Crippen LogP contribution in [0.5, 0.6) is 0 Å². The first-order chi connectivity index (χ1) is 7.65. The third kappa shape index (κ3) is 4.11. The Morgan fingerprint density at radius 2 is 2.12 bits per heavy atom. The van der Waals surface area contributed by atoms with Gasteiger partial charge in [0.1, 0.15) is 5.54 Å². The highest BCUT2D eigenvalue weighted by molar-refractivity contribution is 5.03. The maximum atomic E-state index is 9.10. The molecule has 0 radical (unpaired) electrons. The smallest absolute Gasteiger partial charge is 0.104 e. The minimum atomic E-state index is -0.362. The van der Waals surface area contributed by atoms with E-state index >= 15 is 0 Å². The van der Waals surface area contributed by atoms with Gasteiger partial charge in [-0.15, -0.1) is 0 Å². The molecule has 1 atom stereocenters. The fraction of sp³-hybridized carbons (Fsp3) is 0.923. The van der Waals surface area contributed by atoms with Crippen LogP contribution in [0.15, 0.2) is 0 Å². The van der Waals surface area contributed by atoms with Crippen molar-refractivity contribution in [1.29, 1.82) is 5.26 Å². The Kier molecular flexibility index (Phi) is 5.24. The van der Waals surface area contributed by atoms with Crippen molar-refractivity contribution in [2.45, 2.75) is 57.5 Å². The van der Waals surface area contributed by atoms with E-state index in [2.05, 4.69) is 23.2 Å². The predicted octanol–water partition coefficient (Wildman–Crippen LogP) is 2.14. The van der Waals surface area contributed by atoms with Crippen LogP contribution in [-0.4, -0.2) is 36.6 Å². The molecular weight excluding hydrogens is 198 g/mol. The molecule has 1 aliphatic carbocycles. The lowest BCUT2D eigenvalue weighted by Gasteiger charge is -2.27. The van der Waals surface area contributed by atoms with Crippen molar-refractivity contribution in [2.24, 2.45) is 0 Å². The maximum Gasteiger partial charge on any atom is 0.104 e. The van der Waals surface area contributed by atoms with E-state index in [1.165, 1.54) is 32.2 Å². The number of unbranched alkanes of at least 4 members (excludes halogenated alkanes) is 1. The minimum Gasteiger partial charge on any atom is -0.303 e. The first-order valence-electron chi connectivity index (χ1n) is 6.49. The van der Waals surface area contributed by atoms with E-state index in [0.717, 1.165) is 19.0 Å². The second-order valence-corrected chi connectivity index (χ2v) is 5.06. The number of nitriles is 1. The lowest BCUT2D eigenvalue weighted by Crippen LogP contribution is -2.42.